The average molecular weight is 265 g/mol. The van der Waals surface area contributed by atoms with E-state index in [1.54, 1.807) is 6.07 Å². The third-order valence-corrected chi connectivity index (χ3v) is 3.19. The summed E-state index contributed by atoms with van der Waals surface area (Å²) in [6.07, 6.45) is 1.40. The van der Waals surface area contributed by atoms with E-state index in [1.807, 2.05) is 13.8 Å². The number of hydrogen-bond donors (Lipinski definition) is 2. The van der Waals surface area contributed by atoms with Gasteiger partial charge < -0.3 is 20.3 Å². The van der Waals surface area contributed by atoms with Crippen LogP contribution in [0.15, 0.2) is 18.2 Å². The second kappa shape index (κ2) is 5.48. The molecule has 0 bridgehead atoms. The zero-order valence-corrected chi connectivity index (χ0v) is 11.1. The van der Waals surface area contributed by atoms with Crippen LogP contribution in [0.25, 0.3) is 0 Å². The van der Waals surface area contributed by atoms with Crippen LogP contribution in [-0.4, -0.2) is 29.4 Å². The van der Waals surface area contributed by atoms with Crippen molar-refractivity contribution in [1.82, 2.24) is 0 Å². The van der Waals surface area contributed by atoms with Crippen LogP contribution in [0.2, 0.25) is 0 Å². The summed E-state index contributed by atoms with van der Waals surface area (Å²) in [6.45, 7) is 3.93. The van der Waals surface area contributed by atoms with Gasteiger partial charge in [0.15, 0.2) is 0 Å². The molecule has 1 fully saturated rings. The Bertz CT molecular complexity index is 465. The van der Waals surface area contributed by atoms with Crippen molar-refractivity contribution in [3.63, 3.8) is 0 Å². The summed E-state index contributed by atoms with van der Waals surface area (Å²) >= 11 is 0. The summed E-state index contributed by atoms with van der Waals surface area (Å²) in [5.74, 6) is -0.551. The van der Waals surface area contributed by atoms with E-state index in [-0.39, 0.29) is 29.7 Å². The maximum atomic E-state index is 12.0. The first-order valence-corrected chi connectivity index (χ1v) is 6.40. The monoisotopic (exact) mass is 265 g/mol. The molecule has 5 heteroatoms. The van der Waals surface area contributed by atoms with Crippen molar-refractivity contribution in [2.75, 3.05) is 5.73 Å². The van der Waals surface area contributed by atoms with E-state index >= 15 is 0 Å². The van der Waals surface area contributed by atoms with Gasteiger partial charge in [0.1, 0.15) is 11.9 Å². The van der Waals surface area contributed by atoms with Crippen molar-refractivity contribution in [2.24, 2.45) is 0 Å². The molecule has 3 N–H and O–H groups in total. The van der Waals surface area contributed by atoms with Gasteiger partial charge in [-0.1, -0.05) is 0 Å². The van der Waals surface area contributed by atoms with E-state index in [0.717, 1.165) is 0 Å². The number of carbonyl (C=O) groups excluding carboxylic acids is 1. The Morgan fingerprint density at radius 3 is 2.58 bits per heavy atom. The number of aromatic hydroxyl groups is 1. The highest BCUT2D eigenvalue weighted by molar-refractivity contribution is 5.90. The normalized spacial score (nSPS) is 26.9. The Hall–Kier alpha value is -1.75. The van der Waals surface area contributed by atoms with E-state index < -0.39 is 5.97 Å². The number of anilines is 1. The highest BCUT2D eigenvalue weighted by Crippen LogP contribution is 2.25. The van der Waals surface area contributed by atoms with E-state index in [2.05, 4.69) is 0 Å². The fourth-order valence-corrected chi connectivity index (χ4v) is 2.33. The average Bonchev–Trinajstić information content (AvgIpc) is 2.31. The Kier molecular flexibility index (Phi) is 3.95. The van der Waals surface area contributed by atoms with E-state index in [0.29, 0.717) is 18.4 Å². The van der Waals surface area contributed by atoms with Crippen molar-refractivity contribution in [2.45, 2.75) is 45.0 Å². The molecule has 0 spiro atoms. The number of nitrogens with two attached hydrogens (primary N) is 1. The van der Waals surface area contributed by atoms with Crippen LogP contribution in [0.3, 0.4) is 0 Å². The van der Waals surface area contributed by atoms with Gasteiger partial charge >= 0.3 is 5.97 Å². The van der Waals surface area contributed by atoms with Gasteiger partial charge in [0.2, 0.25) is 0 Å². The first-order chi connectivity index (χ1) is 8.95. The standard InChI is InChI=1S/C14H19NO4/c1-8-5-11(6-9(2)18-8)19-14(17)10-3-4-12(15)13(16)7-10/h3-4,7-9,11,16H,5-6,15H2,1-2H3. The third-order valence-electron chi connectivity index (χ3n) is 3.19. The van der Waals surface area contributed by atoms with Crippen LogP contribution in [0.5, 0.6) is 5.75 Å². The Labute approximate surface area is 112 Å². The molecule has 1 aromatic carbocycles. The molecule has 1 aromatic rings. The molecule has 0 amide bonds. The number of phenolic OH excluding ortho intramolecular Hbond substituents is 1. The predicted molar refractivity (Wildman–Crippen MR) is 71.0 cm³/mol. The van der Waals surface area contributed by atoms with Crippen LogP contribution in [0, 0.1) is 0 Å². The topological polar surface area (TPSA) is 81.8 Å². The highest BCUT2D eigenvalue weighted by Gasteiger charge is 2.27. The molecular weight excluding hydrogens is 246 g/mol. The maximum Gasteiger partial charge on any atom is 0.338 e. The molecule has 0 aromatic heterocycles. The number of rotatable bonds is 2. The third kappa shape index (κ3) is 3.38. The molecule has 1 aliphatic rings. The number of ether oxygens (including phenoxy) is 2. The molecule has 19 heavy (non-hydrogen) atoms. The molecule has 2 rings (SSSR count). The Balaban J connectivity index is 2.02. The minimum atomic E-state index is -0.443. The van der Waals surface area contributed by atoms with Crippen LogP contribution >= 0.6 is 0 Å². The molecule has 2 atom stereocenters. The zero-order chi connectivity index (χ0) is 14.0. The molecular formula is C14H19NO4. The first kappa shape index (κ1) is 13.7. The SMILES string of the molecule is CC1CC(OC(=O)c2ccc(N)c(O)c2)CC(C)O1. The lowest BCUT2D eigenvalue weighted by atomic mass is 10.0. The maximum absolute atomic E-state index is 12.0. The smallest absolute Gasteiger partial charge is 0.338 e. The molecule has 104 valence electrons. The van der Waals surface area contributed by atoms with Crippen LogP contribution < -0.4 is 5.73 Å². The molecule has 0 saturated carbocycles. The van der Waals surface area contributed by atoms with Gasteiger partial charge in [-0.2, -0.15) is 0 Å². The minimum Gasteiger partial charge on any atom is -0.506 e. The van der Waals surface area contributed by atoms with Gasteiger partial charge in [-0.3, -0.25) is 0 Å². The van der Waals surface area contributed by atoms with Crippen LogP contribution in [0.4, 0.5) is 5.69 Å². The Morgan fingerprint density at radius 2 is 2.00 bits per heavy atom. The van der Waals surface area contributed by atoms with Gasteiger partial charge in [0, 0.05) is 12.8 Å². The summed E-state index contributed by atoms with van der Waals surface area (Å²) in [4.78, 5) is 12.0. The minimum absolute atomic E-state index is 0.0846. The predicted octanol–water partition coefficient (Wildman–Crippen LogP) is 2.09. The second-order valence-corrected chi connectivity index (χ2v) is 5.03. The lowest BCUT2D eigenvalue weighted by Gasteiger charge is -2.31. The van der Waals surface area contributed by atoms with Crippen molar-refractivity contribution < 1.29 is 19.4 Å². The van der Waals surface area contributed by atoms with E-state index in [9.17, 15) is 9.90 Å². The summed E-state index contributed by atoms with van der Waals surface area (Å²) in [5.41, 5.74) is 6.04. The number of nitrogen functional groups attached to an aromatic ring is 1. The first-order valence-electron chi connectivity index (χ1n) is 6.40. The lowest BCUT2D eigenvalue weighted by Crippen LogP contribution is -2.35. The van der Waals surface area contributed by atoms with Gasteiger partial charge in [-0.05, 0) is 32.0 Å². The molecule has 0 aliphatic carbocycles. The van der Waals surface area contributed by atoms with Crippen LogP contribution in [0.1, 0.15) is 37.0 Å². The summed E-state index contributed by atoms with van der Waals surface area (Å²) in [7, 11) is 0. The molecule has 1 saturated heterocycles. The second-order valence-electron chi connectivity index (χ2n) is 5.03. The largest absolute Gasteiger partial charge is 0.506 e. The molecule has 1 heterocycles. The molecule has 2 unspecified atom stereocenters. The lowest BCUT2D eigenvalue weighted by molar-refractivity contribution is -0.0855. The van der Waals surface area contributed by atoms with Crippen molar-refractivity contribution in [1.29, 1.82) is 0 Å². The van der Waals surface area contributed by atoms with Gasteiger partial charge in [-0.25, -0.2) is 4.79 Å². The quantitative estimate of drug-likeness (QED) is 0.486. The van der Waals surface area contributed by atoms with Gasteiger partial charge in [-0.15, -0.1) is 0 Å². The van der Waals surface area contributed by atoms with E-state index in [4.69, 9.17) is 15.2 Å². The summed E-state index contributed by atoms with van der Waals surface area (Å²) in [6, 6.07) is 4.36. The number of benzene rings is 1. The number of carbonyl (C=O) groups is 1. The molecule has 1 aliphatic heterocycles. The fraction of sp³-hybridized carbons (Fsp3) is 0.500. The van der Waals surface area contributed by atoms with Gasteiger partial charge in [0.05, 0.1) is 23.5 Å². The van der Waals surface area contributed by atoms with Gasteiger partial charge in [0.25, 0.3) is 0 Å². The zero-order valence-electron chi connectivity index (χ0n) is 11.1. The van der Waals surface area contributed by atoms with E-state index in [1.165, 1.54) is 12.1 Å². The van der Waals surface area contributed by atoms with Crippen molar-refractivity contribution >= 4 is 11.7 Å². The Morgan fingerprint density at radius 1 is 1.37 bits per heavy atom. The molecule has 0 radical (unpaired) electrons. The number of esters is 1. The number of hydrogen-bond acceptors (Lipinski definition) is 5. The number of phenols is 1. The summed E-state index contributed by atoms with van der Waals surface area (Å²) in [5, 5.41) is 9.49. The van der Waals surface area contributed by atoms with Crippen LogP contribution in [-0.2, 0) is 9.47 Å². The fourth-order valence-electron chi connectivity index (χ4n) is 2.33. The van der Waals surface area contributed by atoms with Crippen molar-refractivity contribution in [3.8, 4) is 5.75 Å². The highest BCUT2D eigenvalue weighted by atomic mass is 16.6. The molecule has 5 nitrogen and oxygen atoms in total. The van der Waals surface area contributed by atoms with Crippen molar-refractivity contribution in [3.05, 3.63) is 23.8 Å². The summed E-state index contributed by atoms with van der Waals surface area (Å²) < 4.78 is 11.0.